The van der Waals surface area contributed by atoms with Crippen molar-refractivity contribution in [1.29, 1.82) is 0 Å². The highest BCUT2D eigenvalue weighted by atomic mass is 32.2. The molecular weight excluding hydrogens is 388 g/mol. The molecule has 0 aliphatic rings. The molecule has 1 heterocycles. The molecule has 1 amide bonds. The second-order valence-electron chi connectivity index (χ2n) is 6.60. The van der Waals surface area contributed by atoms with E-state index in [9.17, 15) is 14.7 Å². The van der Waals surface area contributed by atoms with E-state index in [4.69, 9.17) is 5.73 Å². The second-order valence-corrected chi connectivity index (χ2v) is 7.70. The fourth-order valence-corrected chi connectivity index (χ4v) is 3.72. The molecule has 1 atom stereocenters. The summed E-state index contributed by atoms with van der Waals surface area (Å²) in [4.78, 5) is 34.9. The van der Waals surface area contributed by atoms with E-state index in [1.807, 2.05) is 37.3 Å². The number of carbonyl (C=O) groups is 2. The number of benzene rings is 1. The molecule has 0 spiro atoms. The number of aliphatic hydroxyl groups is 1. The summed E-state index contributed by atoms with van der Waals surface area (Å²) in [7, 11) is 0. The summed E-state index contributed by atoms with van der Waals surface area (Å²) in [6.07, 6.45) is 2.54. The summed E-state index contributed by atoms with van der Waals surface area (Å²) in [5, 5.41) is 9.41. The van der Waals surface area contributed by atoms with Crippen LogP contribution < -0.4 is 5.73 Å². The number of allylic oxidation sites excluding steroid dienone is 1. The molecule has 2 aromatic rings. The smallest absolute Gasteiger partial charge is 0.214 e. The molecule has 0 aliphatic carbocycles. The predicted octanol–water partition coefficient (Wildman–Crippen LogP) is 3.00. The Balaban J connectivity index is 2.24. The number of anilines is 1. The molecule has 0 aliphatic heterocycles. The van der Waals surface area contributed by atoms with Crippen LogP contribution in [0.3, 0.4) is 0 Å². The first-order valence-corrected chi connectivity index (χ1v) is 10.1. The molecule has 0 saturated heterocycles. The molecule has 7 nitrogen and oxygen atoms in total. The highest BCUT2D eigenvalue weighted by Gasteiger charge is 2.21. The van der Waals surface area contributed by atoms with Gasteiger partial charge in [0.15, 0.2) is 0 Å². The summed E-state index contributed by atoms with van der Waals surface area (Å²) in [5.74, 6) is 0.545. The minimum absolute atomic E-state index is 0.0527. The van der Waals surface area contributed by atoms with Gasteiger partial charge in [0, 0.05) is 35.4 Å². The van der Waals surface area contributed by atoms with Crippen LogP contribution in [0.5, 0.6) is 0 Å². The molecule has 0 radical (unpaired) electrons. The number of hydrogen-bond donors (Lipinski definition) is 2. The minimum Gasteiger partial charge on any atom is -0.396 e. The van der Waals surface area contributed by atoms with Gasteiger partial charge in [-0.3, -0.25) is 9.59 Å². The van der Waals surface area contributed by atoms with E-state index in [-0.39, 0.29) is 30.6 Å². The third kappa shape index (κ3) is 6.13. The molecule has 1 aromatic carbocycles. The molecule has 29 heavy (non-hydrogen) atoms. The van der Waals surface area contributed by atoms with Crippen LogP contribution in [0.25, 0.3) is 0 Å². The van der Waals surface area contributed by atoms with Gasteiger partial charge in [0.2, 0.25) is 11.5 Å². The average molecular weight is 415 g/mol. The Bertz CT molecular complexity index is 887. The number of aromatic nitrogens is 2. The van der Waals surface area contributed by atoms with E-state index < -0.39 is 0 Å². The van der Waals surface area contributed by atoms with Crippen molar-refractivity contribution in [1.82, 2.24) is 14.9 Å². The zero-order valence-electron chi connectivity index (χ0n) is 16.8. The molecule has 3 N–H and O–H groups in total. The summed E-state index contributed by atoms with van der Waals surface area (Å²) in [6.45, 7) is 5.38. The van der Waals surface area contributed by atoms with Crippen LogP contribution in [0, 0.1) is 6.92 Å². The minimum atomic E-state index is -0.312. The number of amides is 1. The van der Waals surface area contributed by atoms with Crippen LogP contribution in [0.4, 0.5) is 5.82 Å². The van der Waals surface area contributed by atoms with Crippen molar-refractivity contribution in [2.45, 2.75) is 39.7 Å². The molecular formula is C21H26N4O3S. The maximum atomic E-state index is 12.8. The van der Waals surface area contributed by atoms with E-state index in [1.165, 1.54) is 4.90 Å². The number of carbonyl (C=O) groups excluding carboxylic acids is 2. The van der Waals surface area contributed by atoms with Crippen molar-refractivity contribution in [3.63, 3.8) is 0 Å². The number of thioether (sulfide) groups is 1. The monoisotopic (exact) mass is 414 g/mol. The quantitative estimate of drug-likeness (QED) is 0.607. The van der Waals surface area contributed by atoms with Gasteiger partial charge in [-0.1, -0.05) is 49.0 Å². The largest absolute Gasteiger partial charge is 0.396 e. The Morgan fingerprint density at radius 2 is 2.03 bits per heavy atom. The highest BCUT2D eigenvalue weighted by molar-refractivity contribution is 8.17. The van der Waals surface area contributed by atoms with Gasteiger partial charge >= 0.3 is 0 Å². The van der Waals surface area contributed by atoms with Crippen molar-refractivity contribution < 1.29 is 14.7 Å². The lowest BCUT2D eigenvalue weighted by atomic mass is 10.0. The number of nitrogen functional groups attached to an aromatic ring is 1. The van der Waals surface area contributed by atoms with Crippen molar-refractivity contribution in [3.05, 3.63) is 64.1 Å². The Morgan fingerprint density at radius 3 is 2.62 bits per heavy atom. The zero-order valence-corrected chi connectivity index (χ0v) is 17.6. The fourth-order valence-electron chi connectivity index (χ4n) is 2.71. The predicted molar refractivity (Wildman–Crippen MR) is 115 cm³/mol. The van der Waals surface area contributed by atoms with Crippen molar-refractivity contribution >= 4 is 29.1 Å². The Labute approximate surface area is 175 Å². The first-order valence-electron chi connectivity index (χ1n) is 9.24. The Hall–Kier alpha value is -2.71. The fraction of sp³-hybridized carbons (Fsp3) is 0.333. The van der Waals surface area contributed by atoms with Crippen molar-refractivity contribution in [2.75, 3.05) is 12.3 Å². The van der Waals surface area contributed by atoms with E-state index in [0.717, 1.165) is 17.3 Å². The van der Waals surface area contributed by atoms with Crippen LogP contribution in [0.1, 0.15) is 43.1 Å². The second kappa shape index (κ2) is 10.7. The molecule has 2 rings (SSSR count). The summed E-state index contributed by atoms with van der Waals surface area (Å²) in [6, 6.07) is 9.49. The van der Waals surface area contributed by atoms with Gasteiger partial charge in [-0.2, -0.15) is 0 Å². The first kappa shape index (κ1) is 22.6. The normalized spacial score (nSPS) is 12.8. The van der Waals surface area contributed by atoms with Crippen LogP contribution in [0.2, 0.25) is 0 Å². The molecule has 0 saturated carbocycles. The first-order chi connectivity index (χ1) is 13.9. The molecule has 0 bridgehead atoms. The molecule has 154 valence electrons. The van der Waals surface area contributed by atoms with Crippen molar-refractivity contribution in [3.8, 4) is 0 Å². The van der Waals surface area contributed by atoms with Crippen LogP contribution in [-0.4, -0.2) is 38.1 Å². The lowest BCUT2D eigenvalue weighted by Gasteiger charge is -2.22. The molecule has 0 fully saturated rings. The van der Waals surface area contributed by atoms with Gasteiger partial charge in [-0.25, -0.2) is 9.97 Å². The SMILES string of the molecule is CC(=C(CCO)SC(=O)C(C)c1ccccc1)N(C=O)Cc1cnc(C)nc1N. The number of hydrogen-bond acceptors (Lipinski definition) is 7. The average Bonchev–Trinajstić information content (AvgIpc) is 2.72. The third-order valence-electron chi connectivity index (χ3n) is 4.54. The number of aliphatic hydroxyl groups excluding tert-OH is 1. The number of nitrogens with zero attached hydrogens (tertiary/aromatic N) is 3. The zero-order chi connectivity index (χ0) is 21.4. The van der Waals surface area contributed by atoms with Gasteiger partial charge in [0.25, 0.3) is 0 Å². The Kier molecular flexibility index (Phi) is 8.35. The van der Waals surface area contributed by atoms with Crippen LogP contribution >= 0.6 is 11.8 Å². The lowest BCUT2D eigenvalue weighted by Crippen LogP contribution is -2.22. The molecule has 8 heteroatoms. The summed E-state index contributed by atoms with van der Waals surface area (Å²) < 4.78 is 0. The molecule has 1 aromatic heterocycles. The maximum Gasteiger partial charge on any atom is 0.214 e. The maximum absolute atomic E-state index is 12.8. The summed E-state index contributed by atoms with van der Waals surface area (Å²) >= 11 is 1.06. The number of rotatable bonds is 9. The van der Waals surface area contributed by atoms with Crippen LogP contribution in [0.15, 0.2) is 47.1 Å². The van der Waals surface area contributed by atoms with Gasteiger partial charge in [0.05, 0.1) is 12.5 Å². The van der Waals surface area contributed by atoms with E-state index in [1.54, 1.807) is 20.0 Å². The van der Waals surface area contributed by atoms with Gasteiger partial charge < -0.3 is 15.7 Å². The van der Waals surface area contributed by atoms with Crippen molar-refractivity contribution in [2.24, 2.45) is 0 Å². The van der Waals surface area contributed by atoms with E-state index >= 15 is 0 Å². The summed E-state index contributed by atoms with van der Waals surface area (Å²) in [5.41, 5.74) is 8.06. The highest BCUT2D eigenvalue weighted by Crippen LogP contribution is 2.32. The molecule has 1 unspecified atom stereocenters. The van der Waals surface area contributed by atoms with Gasteiger partial charge in [0.1, 0.15) is 11.6 Å². The topological polar surface area (TPSA) is 109 Å². The van der Waals surface area contributed by atoms with E-state index in [2.05, 4.69) is 9.97 Å². The number of nitrogens with two attached hydrogens (primary N) is 1. The Morgan fingerprint density at radius 1 is 1.34 bits per heavy atom. The van der Waals surface area contributed by atoms with Gasteiger partial charge in [-0.05, 0) is 19.4 Å². The standard InChI is InChI=1S/C21H26N4O3S/c1-14(17-7-5-4-6-8-17)21(28)29-19(9-10-26)15(2)25(13-27)12-18-11-23-16(3)24-20(18)22/h4-8,11,13-14,26H,9-10,12H2,1-3H3,(H2,22,23,24). The third-order valence-corrected chi connectivity index (χ3v) is 5.84. The van der Waals surface area contributed by atoms with Crippen LogP contribution in [-0.2, 0) is 16.1 Å². The van der Waals surface area contributed by atoms with E-state index in [0.29, 0.717) is 34.2 Å². The number of aryl methyl sites for hydroxylation is 1. The van der Waals surface area contributed by atoms with Gasteiger partial charge in [-0.15, -0.1) is 0 Å². The lowest BCUT2D eigenvalue weighted by molar-refractivity contribution is -0.117.